The van der Waals surface area contributed by atoms with Crippen molar-refractivity contribution in [2.75, 3.05) is 7.11 Å². The summed E-state index contributed by atoms with van der Waals surface area (Å²) in [4.78, 5) is 11.5. The van der Waals surface area contributed by atoms with Gasteiger partial charge in [-0.15, -0.1) is 11.6 Å². The Balaban J connectivity index is 3.49. The van der Waals surface area contributed by atoms with Crippen LogP contribution in [0.1, 0.15) is 21.5 Å². The van der Waals surface area contributed by atoms with E-state index in [4.69, 9.17) is 16.9 Å². The average molecular weight is 289 g/mol. The molecule has 0 N–H and O–H groups in total. The van der Waals surface area contributed by atoms with Crippen molar-refractivity contribution in [3.05, 3.63) is 33.3 Å². The molecule has 0 amide bonds. The summed E-state index contributed by atoms with van der Waals surface area (Å²) in [5, 5.41) is 8.86. The van der Waals surface area contributed by atoms with Crippen LogP contribution in [0, 0.1) is 11.3 Å². The SMILES string of the molecule is COC(=O)c1c(C#N)ccc(Br)c1CCl. The molecule has 0 saturated heterocycles. The van der Waals surface area contributed by atoms with Crippen LogP contribution in [0.2, 0.25) is 0 Å². The third-order valence-corrected chi connectivity index (χ3v) is 2.91. The summed E-state index contributed by atoms with van der Waals surface area (Å²) in [6, 6.07) is 5.16. The molecule has 0 spiro atoms. The molecule has 0 heterocycles. The summed E-state index contributed by atoms with van der Waals surface area (Å²) in [5.74, 6) is -0.413. The third kappa shape index (κ3) is 2.31. The third-order valence-electron chi connectivity index (χ3n) is 1.90. The van der Waals surface area contributed by atoms with Gasteiger partial charge in [-0.25, -0.2) is 4.79 Å². The van der Waals surface area contributed by atoms with E-state index in [9.17, 15) is 4.79 Å². The lowest BCUT2D eigenvalue weighted by molar-refractivity contribution is 0.0599. The molecule has 78 valence electrons. The summed E-state index contributed by atoms with van der Waals surface area (Å²) in [6.07, 6.45) is 0. The van der Waals surface area contributed by atoms with Crippen LogP contribution >= 0.6 is 27.5 Å². The zero-order valence-electron chi connectivity index (χ0n) is 7.88. The molecule has 3 nitrogen and oxygen atoms in total. The highest BCUT2D eigenvalue weighted by molar-refractivity contribution is 9.10. The van der Waals surface area contributed by atoms with E-state index in [0.29, 0.717) is 10.0 Å². The van der Waals surface area contributed by atoms with Gasteiger partial charge in [-0.1, -0.05) is 15.9 Å². The first-order valence-corrected chi connectivity index (χ1v) is 5.34. The van der Waals surface area contributed by atoms with E-state index >= 15 is 0 Å². The smallest absolute Gasteiger partial charge is 0.339 e. The number of carbonyl (C=O) groups excluding carboxylic acids is 1. The van der Waals surface area contributed by atoms with Gasteiger partial charge in [-0.3, -0.25) is 0 Å². The number of hydrogen-bond donors (Lipinski definition) is 0. The van der Waals surface area contributed by atoms with Crippen LogP contribution < -0.4 is 0 Å². The minimum Gasteiger partial charge on any atom is -0.465 e. The normalized spacial score (nSPS) is 9.47. The zero-order valence-corrected chi connectivity index (χ0v) is 10.2. The minimum atomic E-state index is -0.552. The fourth-order valence-corrected chi connectivity index (χ4v) is 2.09. The van der Waals surface area contributed by atoms with Crippen molar-refractivity contribution in [3.63, 3.8) is 0 Å². The van der Waals surface area contributed by atoms with Crippen LogP contribution in [0.4, 0.5) is 0 Å². The maximum absolute atomic E-state index is 11.5. The molecule has 0 unspecified atom stereocenters. The largest absolute Gasteiger partial charge is 0.465 e. The molecule has 0 atom stereocenters. The topological polar surface area (TPSA) is 50.1 Å². The molecule has 0 aliphatic carbocycles. The monoisotopic (exact) mass is 287 g/mol. The number of benzene rings is 1. The first-order valence-electron chi connectivity index (χ1n) is 4.01. The van der Waals surface area contributed by atoms with E-state index in [1.54, 1.807) is 12.1 Å². The van der Waals surface area contributed by atoms with Crippen molar-refractivity contribution in [1.29, 1.82) is 5.26 Å². The Morgan fingerprint density at radius 2 is 2.33 bits per heavy atom. The van der Waals surface area contributed by atoms with Crippen molar-refractivity contribution < 1.29 is 9.53 Å². The number of nitriles is 1. The van der Waals surface area contributed by atoms with Gasteiger partial charge in [0.05, 0.1) is 18.2 Å². The predicted octanol–water partition coefficient (Wildman–Crippen LogP) is 2.85. The summed E-state index contributed by atoms with van der Waals surface area (Å²) in [7, 11) is 1.27. The van der Waals surface area contributed by atoms with Gasteiger partial charge in [0.2, 0.25) is 0 Å². The second-order valence-electron chi connectivity index (χ2n) is 2.69. The van der Waals surface area contributed by atoms with Crippen LogP contribution in [0.15, 0.2) is 16.6 Å². The average Bonchev–Trinajstić information content (AvgIpc) is 2.27. The number of methoxy groups -OCH3 is 1. The second-order valence-corrected chi connectivity index (χ2v) is 3.81. The molecule has 5 heteroatoms. The van der Waals surface area contributed by atoms with Crippen molar-refractivity contribution in [2.24, 2.45) is 0 Å². The molecule has 0 saturated carbocycles. The van der Waals surface area contributed by atoms with Crippen molar-refractivity contribution >= 4 is 33.5 Å². The summed E-state index contributed by atoms with van der Waals surface area (Å²) >= 11 is 8.99. The van der Waals surface area contributed by atoms with Crippen LogP contribution in [0.5, 0.6) is 0 Å². The number of hydrogen-bond acceptors (Lipinski definition) is 3. The van der Waals surface area contributed by atoms with Gasteiger partial charge in [-0.05, 0) is 17.7 Å². The van der Waals surface area contributed by atoms with Crippen LogP contribution in [0.3, 0.4) is 0 Å². The maximum atomic E-state index is 11.5. The number of halogens is 2. The number of alkyl halides is 1. The highest BCUT2D eigenvalue weighted by Gasteiger charge is 2.18. The Morgan fingerprint density at radius 1 is 1.67 bits per heavy atom. The number of carbonyl (C=O) groups is 1. The molecule has 0 aliphatic rings. The molecule has 0 aromatic heterocycles. The van der Waals surface area contributed by atoms with Gasteiger partial charge in [0.25, 0.3) is 0 Å². The van der Waals surface area contributed by atoms with Crippen molar-refractivity contribution in [1.82, 2.24) is 0 Å². The Kier molecular flexibility index (Phi) is 4.13. The number of ether oxygens (including phenoxy) is 1. The molecule has 1 aromatic rings. The molecular weight excluding hydrogens is 281 g/mol. The van der Waals surface area contributed by atoms with Crippen LogP contribution in [-0.4, -0.2) is 13.1 Å². The molecule has 1 rings (SSSR count). The van der Waals surface area contributed by atoms with Gasteiger partial charge in [0.15, 0.2) is 0 Å². The first kappa shape index (κ1) is 12.0. The molecule has 0 radical (unpaired) electrons. The standard InChI is InChI=1S/C10H7BrClNO2/c1-15-10(14)9-6(5-13)2-3-8(11)7(9)4-12/h2-3H,4H2,1H3. The summed E-state index contributed by atoms with van der Waals surface area (Å²) < 4.78 is 5.30. The lowest BCUT2D eigenvalue weighted by atomic mass is 10.0. The Morgan fingerprint density at radius 3 is 2.80 bits per heavy atom. The van der Waals surface area contributed by atoms with Gasteiger partial charge in [-0.2, -0.15) is 5.26 Å². The van der Waals surface area contributed by atoms with Crippen molar-refractivity contribution in [3.8, 4) is 6.07 Å². The minimum absolute atomic E-state index is 0.139. The van der Waals surface area contributed by atoms with Gasteiger partial charge in [0, 0.05) is 10.4 Å². The first-order chi connectivity index (χ1) is 7.15. The Bertz CT molecular complexity index is 440. The molecule has 0 aliphatic heterocycles. The fourth-order valence-electron chi connectivity index (χ4n) is 1.18. The number of nitrogens with zero attached hydrogens (tertiary/aromatic N) is 1. The van der Waals surface area contributed by atoms with Gasteiger partial charge < -0.3 is 4.74 Å². The van der Waals surface area contributed by atoms with Gasteiger partial charge >= 0.3 is 5.97 Å². The maximum Gasteiger partial charge on any atom is 0.339 e. The second kappa shape index (κ2) is 5.15. The van der Waals surface area contributed by atoms with E-state index in [1.807, 2.05) is 6.07 Å². The predicted molar refractivity (Wildman–Crippen MR) is 59.8 cm³/mol. The van der Waals surface area contributed by atoms with Crippen molar-refractivity contribution in [2.45, 2.75) is 5.88 Å². The molecular formula is C10H7BrClNO2. The number of rotatable bonds is 2. The highest BCUT2D eigenvalue weighted by Crippen LogP contribution is 2.26. The van der Waals surface area contributed by atoms with Gasteiger partial charge in [0.1, 0.15) is 6.07 Å². The van der Waals surface area contributed by atoms with E-state index < -0.39 is 5.97 Å². The van der Waals surface area contributed by atoms with Crippen LogP contribution in [0.25, 0.3) is 0 Å². The van der Waals surface area contributed by atoms with E-state index in [0.717, 1.165) is 0 Å². The lowest BCUT2D eigenvalue weighted by Crippen LogP contribution is -2.08. The Hall–Kier alpha value is -1.05. The molecule has 0 bridgehead atoms. The fraction of sp³-hybridized carbons (Fsp3) is 0.200. The quantitative estimate of drug-likeness (QED) is 0.621. The molecule has 15 heavy (non-hydrogen) atoms. The molecule has 1 aromatic carbocycles. The zero-order chi connectivity index (χ0) is 11.4. The van der Waals surface area contributed by atoms with E-state index in [2.05, 4.69) is 20.7 Å². The summed E-state index contributed by atoms with van der Waals surface area (Å²) in [5.41, 5.74) is 1.06. The van der Waals surface area contributed by atoms with E-state index in [1.165, 1.54) is 7.11 Å². The Labute approximate surface area is 101 Å². The van der Waals surface area contributed by atoms with E-state index in [-0.39, 0.29) is 17.0 Å². The number of esters is 1. The lowest BCUT2D eigenvalue weighted by Gasteiger charge is -2.08. The molecule has 0 fully saturated rings. The summed E-state index contributed by atoms with van der Waals surface area (Å²) in [6.45, 7) is 0. The van der Waals surface area contributed by atoms with Crippen LogP contribution in [-0.2, 0) is 10.6 Å². The highest BCUT2D eigenvalue weighted by atomic mass is 79.9.